The number of halogens is 1. The molecule has 1 amide bonds. The van der Waals surface area contributed by atoms with Gasteiger partial charge in [0.2, 0.25) is 5.96 Å². The molecule has 1 aromatic carbocycles. The molecule has 2 rings (SSSR count). The minimum Gasteiger partial charge on any atom is -0.383 e. The van der Waals surface area contributed by atoms with E-state index in [2.05, 4.69) is 25.0 Å². The second-order valence-corrected chi connectivity index (χ2v) is 7.02. The van der Waals surface area contributed by atoms with Crippen LogP contribution in [0.25, 0.3) is 0 Å². The minimum absolute atomic E-state index is 0.227. The fourth-order valence-corrected chi connectivity index (χ4v) is 3.39. The van der Waals surface area contributed by atoms with E-state index < -0.39 is 28.4 Å². The Morgan fingerprint density at radius 2 is 2.16 bits per heavy atom. The van der Waals surface area contributed by atoms with Crippen molar-refractivity contribution in [1.82, 2.24) is 4.98 Å². The second kappa shape index (κ2) is 7.76. The number of carbonyl (C=O) groups is 1. The third kappa shape index (κ3) is 5.29. The lowest BCUT2D eigenvalue weighted by Crippen LogP contribution is -2.24. The number of aromatic nitrogens is 1. The topological polar surface area (TPSA) is 162 Å². The molecule has 0 atom stereocenters. The van der Waals surface area contributed by atoms with Gasteiger partial charge in [0.1, 0.15) is 10.8 Å². The Labute approximate surface area is 145 Å². The van der Waals surface area contributed by atoms with Gasteiger partial charge in [0, 0.05) is 0 Å². The quantitative estimate of drug-likeness (QED) is 0.300. The van der Waals surface area contributed by atoms with Crippen LogP contribution in [-0.4, -0.2) is 31.9 Å². The molecular formula is C12H13FN6O4S2. The summed E-state index contributed by atoms with van der Waals surface area (Å²) in [5, 5.41) is 5.62. The maximum atomic E-state index is 14.0. The Bertz CT molecular complexity index is 881. The van der Waals surface area contributed by atoms with Crippen LogP contribution in [0.2, 0.25) is 0 Å². The van der Waals surface area contributed by atoms with Crippen LogP contribution in [0.4, 0.5) is 15.1 Å². The molecule has 2 aromatic rings. The number of nitrogens with zero attached hydrogens (tertiary/aromatic N) is 2. The first kappa shape index (κ1) is 18.4. The molecule has 0 bridgehead atoms. The molecule has 0 saturated carbocycles. The van der Waals surface area contributed by atoms with Crippen molar-refractivity contribution in [3.8, 4) is 0 Å². The summed E-state index contributed by atoms with van der Waals surface area (Å²) in [7, 11) is -3.98. The first-order chi connectivity index (χ1) is 11.8. The zero-order valence-corrected chi connectivity index (χ0v) is 14.1. The van der Waals surface area contributed by atoms with E-state index in [4.69, 9.17) is 11.5 Å². The van der Waals surface area contributed by atoms with Crippen LogP contribution < -0.4 is 21.5 Å². The molecule has 0 spiro atoms. The highest BCUT2D eigenvalue weighted by atomic mass is 32.2. The summed E-state index contributed by atoms with van der Waals surface area (Å²) in [4.78, 5) is 19.5. The highest BCUT2D eigenvalue weighted by molar-refractivity contribution is 7.93. The summed E-state index contributed by atoms with van der Waals surface area (Å²) in [5.74, 6) is -2.05. The number of nitrogens with two attached hydrogens (primary N) is 2. The van der Waals surface area contributed by atoms with Gasteiger partial charge in [-0.15, -0.1) is 11.3 Å². The Balaban J connectivity index is 2.07. The van der Waals surface area contributed by atoms with Crippen LogP contribution in [0.15, 0.2) is 40.0 Å². The van der Waals surface area contributed by atoms with E-state index >= 15 is 0 Å². The van der Waals surface area contributed by atoms with E-state index in [1.807, 2.05) is 0 Å². The normalized spacial score (nSPS) is 10.8. The fourth-order valence-electron chi connectivity index (χ4n) is 1.57. The number of carbonyl (C=O) groups excluding carboxylic acids is 1. The van der Waals surface area contributed by atoms with Gasteiger partial charge >= 0.3 is 0 Å². The van der Waals surface area contributed by atoms with Gasteiger partial charge in [0.05, 0.1) is 22.3 Å². The SMILES string of the molecule is NC(N)=NOCC(=O)Nc1ccc(S(=O)(=O)Nc2cncs2)cc1F. The molecule has 1 aromatic heterocycles. The first-order valence-corrected chi connectivity index (χ1v) is 8.86. The highest BCUT2D eigenvalue weighted by Crippen LogP contribution is 2.22. The zero-order chi connectivity index (χ0) is 18.4. The molecule has 0 radical (unpaired) electrons. The smallest absolute Gasteiger partial charge is 0.265 e. The maximum absolute atomic E-state index is 14.0. The molecule has 0 fully saturated rings. The lowest BCUT2D eigenvalue weighted by atomic mass is 10.3. The summed E-state index contributed by atoms with van der Waals surface area (Å²) in [6, 6.07) is 3.02. The van der Waals surface area contributed by atoms with Gasteiger partial charge < -0.3 is 21.6 Å². The summed E-state index contributed by atoms with van der Waals surface area (Å²) < 4.78 is 40.6. The Hall–Kier alpha value is -2.93. The van der Waals surface area contributed by atoms with Gasteiger partial charge in [-0.3, -0.25) is 14.5 Å². The van der Waals surface area contributed by atoms with E-state index in [1.54, 1.807) is 0 Å². The van der Waals surface area contributed by atoms with E-state index in [-0.39, 0.29) is 21.5 Å². The molecule has 10 nitrogen and oxygen atoms in total. The van der Waals surface area contributed by atoms with Crippen molar-refractivity contribution >= 4 is 43.9 Å². The Kier molecular flexibility index (Phi) is 5.71. The number of benzene rings is 1. The average Bonchev–Trinajstić information content (AvgIpc) is 3.01. The number of guanidine groups is 1. The first-order valence-electron chi connectivity index (χ1n) is 6.49. The standard InChI is InChI=1S/C12H13FN6O4S2/c13-8-3-7(25(21,22)19-11-4-16-6-24-11)1-2-9(8)17-10(20)5-23-18-12(14)15/h1-4,6,19H,5H2,(H,17,20)(H4,14,15,18). The summed E-state index contributed by atoms with van der Waals surface area (Å²) >= 11 is 1.08. The number of anilines is 2. The summed E-state index contributed by atoms with van der Waals surface area (Å²) in [5.41, 5.74) is 11.2. The van der Waals surface area contributed by atoms with Crippen molar-refractivity contribution in [3.63, 3.8) is 0 Å². The van der Waals surface area contributed by atoms with Gasteiger partial charge in [-0.1, -0.05) is 0 Å². The third-order valence-corrected chi connectivity index (χ3v) is 4.74. The van der Waals surface area contributed by atoms with Gasteiger partial charge in [-0.25, -0.2) is 12.8 Å². The second-order valence-electron chi connectivity index (χ2n) is 4.45. The Morgan fingerprint density at radius 3 is 2.76 bits per heavy atom. The van der Waals surface area contributed by atoms with Gasteiger partial charge in [-0.2, -0.15) is 0 Å². The summed E-state index contributed by atoms with van der Waals surface area (Å²) in [6.45, 7) is -0.551. The molecule has 0 aliphatic heterocycles. The number of nitrogens with one attached hydrogen (secondary N) is 2. The van der Waals surface area contributed by atoms with Crippen LogP contribution in [0.3, 0.4) is 0 Å². The molecule has 25 heavy (non-hydrogen) atoms. The molecule has 0 aliphatic carbocycles. The van der Waals surface area contributed by atoms with Crippen LogP contribution in [0.5, 0.6) is 0 Å². The molecule has 0 unspecified atom stereocenters. The zero-order valence-electron chi connectivity index (χ0n) is 12.5. The molecular weight excluding hydrogens is 375 g/mol. The van der Waals surface area contributed by atoms with Crippen molar-refractivity contribution < 1.29 is 22.4 Å². The molecule has 1 heterocycles. The van der Waals surface area contributed by atoms with E-state index in [0.29, 0.717) is 0 Å². The monoisotopic (exact) mass is 388 g/mol. The number of hydrogen-bond acceptors (Lipinski definition) is 7. The van der Waals surface area contributed by atoms with Crippen LogP contribution >= 0.6 is 11.3 Å². The van der Waals surface area contributed by atoms with Crippen LogP contribution in [0.1, 0.15) is 0 Å². The molecule has 6 N–H and O–H groups in total. The lowest BCUT2D eigenvalue weighted by molar-refractivity contribution is -0.120. The predicted octanol–water partition coefficient (Wildman–Crippen LogP) is 0.226. The maximum Gasteiger partial charge on any atom is 0.265 e. The van der Waals surface area contributed by atoms with E-state index in [0.717, 1.165) is 29.5 Å². The van der Waals surface area contributed by atoms with Crippen molar-refractivity contribution in [2.24, 2.45) is 16.6 Å². The number of hydrogen-bond donors (Lipinski definition) is 4. The predicted molar refractivity (Wildman–Crippen MR) is 89.7 cm³/mol. The van der Waals surface area contributed by atoms with Crippen LogP contribution in [0, 0.1) is 5.82 Å². The molecule has 0 saturated heterocycles. The molecule has 0 aliphatic rings. The molecule has 134 valence electrons. The number of amides is 1. The fraction of sp³-hybridized carbons (Fsp3) is 0.0833. The van der Waals surface area contributed by atoms with Crippen LogP contribution in [-0.2, 0) is 19.7 Å². The number of thiazole rings is 1. The number of oxime groups is 1. The number of sulfonamides is 1. The van der Waals surface area contributed by atoms with E-state index in [9.17, 15) is 17.6 Å². The van der Waals surface area contributed by atoms with E-state index in [1.165, 1.54) is 11.7 Å². The molecule has 13 heteroatoms. The van der Waals surface area contributed by atoms with Gasteiger partial charge in [0.15, 0.2) is 6.61 Å². The van der Waals surface area contributed by atoms with Crippen molar-refractivity contribution in [2.75, 3.05) is 16.6 Å². The summed E-state index contributed by atoms with van der Waals surface area (Å²) in [6.07, 6.45) is 1.32. The average molecular weight is 388 g/mol. The third-order valence-electron chi connectivity index (χ3n) is 2.56. The van der Waals surface area contributed by atoms with Crippen molar-refractivity contribution in [1.29, 1.82) is 0 Å². The lowest BCUT2D eigenvalue weighted by Gasteiger charge is -2.09. The highest BCUT2D eigenvalue weighted by Gasteiger charge is 2.18. The van der Waals surface area contributed by atoms with Crippen molar-refractivity contribution in [3.05, 3.63) is 35.7 Å². The van der Waals surface area contributed by atoms with Gasteiger partial charge in [-0.05, 0) is 23.4 Å². The number of rotatable bonds is 7. The minimum atomic E-state index is -3.98. The van der Waals surface area contributed by atoms with Gasteiger partial charge in [0.25, 0.3) is 15.9 Å². The largest absolute Gasteiger partial charge is 0.383 e. The Morgan fingerprint density at radius 1 is 1.40 bits per heavy atom. The van der Waals surface area contributed by atoms with Crippen molar-refractivity contribution in [2.45, 2.75) is 4.90 Å².